The van der Waals surface area contributed by atoms with Gasteiger partial charge in [0.05, 0.1) is 34.4 Å². The van der Waals surface area contributed by atoms with Crippen LogP contribution in [0.15, 0.2) is 72.9 Å². The van der Waals surface area contributed by atoms with Gasteiger partial charge in [0.2, 0.25) is 0 Å². The van der Waals surface area contributed by atoms with Crippen LogP contribution in [0.25, 0.3) is 0 Å². The largest absolute Gasteiger partial charge is 0.477 e. The number of likely N-dealkylation sites (N-methyl/N-ethyl adjacent to an activating group) is 1. The number of hydrogen-bond donors (Lipinski definition) is 1. The van der Waals surface area contributed by atoms with E-state index in [0.29, 0.717) is 19.3 Å². The number of carbonyl (C=O) groups is 3. The number of rotatable bonds is 32. The van der Waals surface area contributed by atoms with Crippen molar-refractivity contribution >= 4 is 17.9 Å². The summed E-state index contributed by atoms with van der Waals surface area (Å²) in [6.07, 6.45) is 39.4. The molecule has 0 aromatic heterocycles. The second kappa shape index (κ2) is 32.9. The standard InChI is InChI=1S/C42H69NO7/c1-6-8-10-12-14-16-18-19-20-21-23-25-27-29-31-33-41(45)50-38(36-48-35-34-39(42(46)47)43(3,4)5)37-49-40(44)32-30-28-26-24-22-17-15-13-11-9-7-2/h8,10,12-16,18-21,23,38-39H,6-7,9,11,17,22,24-37H2,1-5H3/p+1/b10-8+,14-12+,15-13+,18-16+,20-19+,23-21+. The van der Waals surface area contributed by atoms with E-state index in [2.05, 4.69) is 38.2 Å². The molecule has 284 valence electrons. The van der Waals surface area contributed by atoms with Crippen molar-refractivity contribution < 1.29 is 38.2 Å². The van der Waals surface area contributed by atoms with Gasteiger partial charge < -0.3 is 23.8 Å². The Morgan fingerprint density at radius 2 is 1.14 bits per heavy atom. The van der Waals surface area contributed by atoms with Crippen molar-refractivity contribution in [2.24, 2.45) is 0 Å². The summed E-state index contributed by atoms with van der Waals surface area (Å²) in [5.74, 6) is -1.55. The number of carboxylic acid groups (broad SMARTS) is 1. The molecule has 0 saturated carbocycles. The molecule has 2 atom stereocenters. The highest BCUT2D eigenvalue weighted by molar-refractivity contribution is 5.72. The third-order valence-corrected chi connectivity index (χ3v) is 7.97. The minimum Gasteiger partial charge on any atom is -0.477 e. The van der Waals surface area contributed by atoms with Crippen LogP contribution in [-0.4, -0.2) is 80.6 Å². The average Bonchev–Trinajstić information content (AvgIpc) is 3.06. The van der Waals surface area contributed by atoms with E-state index >= 15 is 0 Å². The molecule has 0 heterocycles. The molecule has 2 unspecified atom stereocenters. The van der Waals surface area contributed by atoms with E-state index < -0.39 is 18.1 Å². The lowest BCUT2D eigenvalue weighted by atomic mass is 10.1. The number of carbonyl (C=O) groups excluding carboxylic acids is 2. The van der Waals surface area contributed by atoms with E-state index in [9.17, 15) is 19.5 Å². The molecule has 0 amide bonds. The summed E-state index contributed by atoms with van der Waals surface area (Å²) in [4.78, 5) is 36.8. The molecule has 0 bridgehead atoms. The molecule has 8 heteroatoms. The molecule has 0 aliphatic rings. The molecule has 0 aromatic rings. The highest BCUT2D eigenvalue weighted by Gasteiger charge is 2.31. The van der Waals surface area contributed by atoms with Gasteiger partial charge in [0.15, 0.2) is 12.1 Å². The minimum absolute atomic E-state index is 0.0368. The summed E-state index contributed by atoms with van der Waals surface area (Å²) in [6.45, 7) is 4.46. The van der Waals surface area contributed by atoms with Gasteiger partial charge in [-0.1, -0.05) is 125 Å². The summed E-state index contributed by atoms with van der Waals surface area (Å²) in [7, 11) is 5.49. The van der Waals surface area contributed by atoms with E-state index in [4.69, 9.17) is 14.2 Å². The van der Waals surface area contributed by atoms with Crippen molar-refractivity contribution in [3.05, 3.63) is 72.9 Å². The summed E-state index contributed by atoms with van der Waals surface area (Å²) in [5.41, 5.74) is 0. The number of quaternary nitrogens is 1. The number of allylic oxidation sites excluding steroid dienone is 12. The molecule has 0 fully saturated rings. The number of ether oxygens (including phenoxy) is 3. The molecule has 0 saturated heterocycles. The predicted octanol–water partition coefficient (Wildman–Crippen LogP) is 9.63. The van der Waals surface area contributed by atoms with Crippen LogP contribution in [-0.2, 0) is 28.6 Å². The van der Waals surface area contributed by atoms with Crippen molar-refractivity contribution in [3.63, 3.8) is 0 Å². The maximum Gasteiger partial charge on any atom is 0.362 e. The van der Waals surface area contributed by atoms with Crippen molar-refractivity contribution in [3.8, 4) is 0 Å². The Hall–Kier alpha value is -3.23. The van der Waals surface area contributed by atoms with Crippen LogP contribution in [0.3, 0.4) is 0 Å². The molecule has 0 aliphatic heterocycles. The van der Waals surface area contributed by atoms with Gasteiger partial charge in [0.1, 0.15) is 6.61 Å². The Morgan fingerprint density at radius 3 is 1.74 bits per heavy atom. The minimum atomic E-state index is -0.888. The first-order valence-corrected chi connectivity index (χ1v) is 19.0. The maximum atomic E-state index is 12.6. The normalized spacial score (nSPS) is 13.9. The second-order valence-corrected chi connectivity index (χ2v) is 13.6. The summed E-state index contributed by atoms with van der Waals surface area (Å²) in [5, 5.41) is 9.58. The lowest BCUT2D eigenvalue weighted by Crippen LogP contribution is -2.50. The molecule has 0 aliphatic carbocycles. The van der Waals surface area contributed by atoms with E-state index in [-0.39, 0.29) is 42.7 Å². The lowest BCUT2D eigenvalue weighted by Gasteiger charge is -2.31. The highest BCUT2D eigenvalue weighted by atomic mass is 16.6. The molecular weight excluding hydrogens is 630 g/mol. The molecular formula is C42H70NO7+. The smallest absolute Gasteiger partial charge is 0.362 e. The first-order chi connectivity index (χ1) is 24.1. The van der Waals surface area contributed by atoms with Crippen molar-refractivity contribution in [1.82, 2.24) is 0 Å². The zero-order chi connectivity index (χ0) is 37.1. The number of nitrogens with zero attached hydrogens (tertiary/aromatic N) is 1. The fourth-order valence-corrected chi connectivity index (χ4v) is 4.97. The Balaban J connectivity index is 4.56. The van der Waals surface area contributed by atoms with Gasteiger partial charge in [-0.25, -0.2) is 4.79 Å². The topological polar surface area (TPSA) is 99.1 Å². The molecule has 1 N–H and O–H groups in total. The van der Waals surface area contributed by atoms with Crippen LogP contribution in [0.1, 0.15) is 123 Å². The Labute approximate surface area is 304 Å². The van der Waals surface area contributed by atoms with Crippen LogP contribution in [0.4, 0.5) is 0 Å². The van der Waals surface area contributed by atoms with Crippen molar-refractivity contribution in [2.45, 2.75) is 135 Å². The fraction of sp³-hybridized carbons (Fsp3) is 0.643. The number of carboxylic acids is 1. The molecule has 0 rings (SSSR count). The molecule has 0 spiro atoms. The number of aliphatic carboxylic acids is 1. The highest BCUT2D eigenvalue weighted by Crippen LogP contribution is 2.12. The predicted molar refractivity (Wildman–Crippen MR) is 206 cm³/mol. The summed E-state index contributed by atoms with van der Waals surface area (Å²) < 4.78 is 17.1. The van der Waals surface area contributed by atoms with Crippen LogP contribution < -0.4 is 0 Å². The Kier molecular flexibility index (Phi) is 30.8. The van der Waals surface area contributed by atoms with Gasteiger partial charge in [-0.3, -0.25) is 9.59 Å². The molecule has 8 nitrogen and oxygen atoms in total. The van der Waals surface area contributed by atoms with E-state index in [1.165, 1.54) is 25.7 Å². The average molecular weight is 701 g/mol. The van der Waals surface area contributed by atoms with Crippen LogP contribution in [0, 0.1) is 0 Å². The van der Waals surface area contributed by atoms with Crippen molar-refractivity contribution in [1.29, 1.82) is 0 Å². The van der Waals surface area contributed by atoms with E-state index in [1.807, 2.05) is 69.8 Å². The first-order valence-electron chi connectivity index (χ1n) is 19.0. The van der Waals surface area contributed by atoms with Gasteiger partial charge in [0, 0.05) is 19.3 Å². The number of hydrogen-bond acceptors (Lipinski definition) is 6. The SMILES string of the molecule is CC/C=C/C=C/C=C/C=C/C=C/CCCCCC(=O)OC(COCCC(C(=O)O)[N+](C)(C)C)COC(=O)CCCCCCC/C=C/CCCC. The van der Waals surface area contributed by atoms with Crippen molar-refractivity contribution in [2.75, 3.05) is 41.0 Å². The van der Waals surface area contributed by atoms with Crippen LogP contribution in [0.5, 0.6) is 0 Å². The van der Waals surface area contributed by atoms with Gasteiger partial charge in [-0.2, -0.15) is 0 Å². The monoisotopic (exact) mass is 701 g/mol. The van der Waals surface area contributed by atoms with Crippen LogP contribution >= 0.6 is 0 Å². The fourth-order valence-electron chi connectivity index (χ4n) is 4.97. The molecule has 0 radical (unpaired) electrons. The van der Waals surface area contributed by atoms with E-state index in [0.717, 1.165) is 57.8 Å². The molecule has 50 heavy (non-hydrogen) atoms. The first kappa shape index (κ1) is 46.8. The second-order valence-electron chi connectivity index (χ2n) is 13.6. The zero-order valence-corrected chi connectivity index (χ0v) is 32.1. The zero-order valence-electron chi connectivity index (χ0n) is 32.1. The summed E-state index contributed by atoms with van der Waals surface area (Å²) in [6, 6.07) is -0.626. The Bertz CT molecular complexity index is 1050. The summed E-state index contributed by atoms with van der Waals surface area (Å²) >= 11 is 0. The van der Waals surface area contributed by atoms with Gasteiger partial charge >= 0.3 is 17.9 Å². The van der Waals surface area contributed by atoms with Gasteiger partial charge in [0.25, 0.3) is 0 Å². The van der Waals surface area contributed by atoms with Gasteiger partial charge in [-0.15, -0.1) is 0 Å². The maximum absolute atomic E-state index is 12.6. The number of unbranched alkanes of at least 4 members (excludes halogenated alkanes) is 10. The van der Waals surface area contributed by atoms with Crippen LogP contribution in [0.2, 0.25) is 0 Å². The van der Waals surface area contributed by atoms with Gasteiger partial charge in [-0.05, 0) is 51.4 Å². The third kappa shape index (κ3) is 30.8. The lowest BCUT2D eigenvalue weighted by molar-refractivity contribution is -0.887. The number of esters is 2. The Morgan fingerprint density at radius 1 is 0.620 bits per heavy atom. The third-order valence-electron chi connectivity index (χ3n) is 7.97. The van der Waals surface area contributed by atoms with E-state index in [1.54, 1.807) is 0 Å². The molecule has 0 aromatic carbocycles. The quantitative estimate of drug-likeness (QED) is 0.0245.